The van der Waals surface area contributed by atoms with Crippen molar-refractivity contribution in [3.05, 3.63) is 68.5 Å². The Hall–Kier alpha value is -3.41. The number of carbonyl (C=O) groups excluding carboxylic acids is 1. The van der Waals surface area contributed by atoms with Crippen LogP contribution in [0.2, 0.25) is 0 Å². The topological polar surface area (TPSA) is 85.6 Å². The Labute approximate surface area is 230 Å². The molecule has 0 N–H and O–H groups in total. The lowest BCUT2D eigenvalue weighted by molar-refractivity contribution is -0.122. The van der Waals surface area contributed by atoms with Crippen LogP contribution >= 0.6 is 24.0 Å². The van der Waals surface area contributed by atoms with E-state index in [4.69, 9.17) is 31.4 Å². The van der Waals surface area contributed by atoms with E-state index in [-0.39, 0.29) is 11.5 Å². The average Bonchev–Trinajstić information content (AvgIpc) is 3.21. The van der Waals surface area contributed by atoms with Crippen LogP contribution in [0.5, 0.6) is 11.5 Å². The number of anilines is 1. The number of nitrogens with zero attached hydrogens (tertiary/aromatic N) is 4. The second-order valence-corrected chi connectivity index (χ2v) is 10.6. The number of morpholine rings is 1. The summed E-state index contributed by atoms with van der Waals surface area (Å²) in [6.07, 6.45) is 3.93. The highest BCUT2D eigenvalue weighted by molar-refractivity contribution is 8.26. The molecule has 3 aromatic rings. The van der Waals surface area contributed by atoms with Crippen molar-refractivity contribution in [1.82, 2.24) is 14.3 Å². The maximum Gasteiger partial charge on any atom is 0.267 e. The van der Waals surface area contributed by atoms with Crippen molar-refractivity contribution < 1.29 is 19.0 Å². The van der Waals surface area contributed by atoms with Gasteiger partial charge in [-0.05, 0) is 48.7 Å². The summed E-state index contributed by atoms with van der Waals surface area (Å²) in [6.45, 7) is 4.65. The van der Waals surface area contributed by atoms with Crippen LogP contribution in [-0.2, 0) is 16.0 Å². The van der Waals surface area contributed by atoms with Gasteiger partial charge in [-0.15, -0.1) is 0 Å². The number of hydrogen-bond acceptors (Lipinski definition) is 9. The fourth-order valence-electron chi connectivity index (χ4n) is 4.54. The first kappa shape index (κ1) is 26.2. The molecule has 0 unspecified atom stereocenters. The molecule has 1 aromatic carbocycles. The lowest BCUT2D eigenvalue weighted by atomic mass is 10.1. The first-order valence-corrected chi connectivity index (χ1v) is 13.4. The Morgan fingerprint density at radius 2 is 1.89 bits per heavy atom. The second-order valence-electron chi connectivity index (χ2n) is 8.91. The third-order valence-corrected chi connectivity index (χ3v) is 7.97. The number of rotatable bonds is 7. The van der Waals surface area contributed by atoms with Crippen LogP contribution in [0.3, 0.4) is 0 Å². The number of methoxy groups -OCH3 is 2. The van der Waals surface area contributed by atoms with E-state index in [0.717, 1.165) is 11.1 Å². The van der Waals surface area contributed by atoms with Crippen LogP contribution in [0.4, 0.5) is 5.82 Å². The summed E-state index contributed by atoms with van der Waals surface area (Å²) in [7, 11) is 3.18. The highest BCUT2D eigenvalue weighted by Gasteiger charge is 2.33. The van der Waals surface area contributed by atoms with E-state index in [9.17, 15) is 9.59 Å². The minimum Gasteiger partial charge on any atom is -0.493 e. The van der Waals surface area contributed by atoms with Gasteiger partial charge in [0.1, 0.15) is 15.8 Å². The SMILES string of the molecule is COc1ccc(CCN2C(=O)/C(=C\c3c(N4CCOCC4)nc4c(C)cccn4c3=O)SC2=S)cc1OC. The summed E-state index contributed by atoms with van der Waals surface area (Å²) >= 11 is 6.76. The number of fused-ring (bicyclic) bond motifs is 1. The molecule has 38 heavy (non-hydrogen) atoms. The van der Waals surface area contributed by atoms with Crippen LogP contribution in [0.1, 0.15) is 16.7 Å². The third kappa shape index (κ3) is 5.01. The van der Waals surface area contributed by atoms with Gasteiger partial charge < -0.3 is 19.1 Å². The van der Waals surface area contributed by atoms with Crippen LogP contribution in [0.25, 0.3) is 11.7 Å². The summed E-state index contributed by atoms with van der Waals surface area (Å²) < 4.78 is 18.2. The first-order chi connectivity index (χ1) is 18.4. The molecule has 0 bridgehead atoms. The van der Waals surface area contributed by atoms with Crippen LogP contribution < -0.4 is 19.9 Å². The smallest absolute Gasteiger partial charge is 0.267 e. The number of aromatic nitrogens is 2. The van der Waals surface area contributed by atoms with Gasteiger partial charge in [0.05, 0.1) is 37.9 Å². The number of pyridine rings is 1. The highest BCUT2D eigenvalue weighted by Crippen LogP contribution is 2.34. The molecule has 9 nitrogen and oxygen atoms in total. The Balaban J connectivity index is 1.46. The number of ether oxygens (including phenoxy) is 3. The molecule has 0 spiro atoms. The minimum atomic E-state index is -0.226. The number of thioether (sulfide) groups is 1. The molecule has 4 heterocycles. The van der Waals surface area contributed by atoms with Crippen molar-refractivity contribution >= 4 is 51.7 Å². The van der Waals surface area contributed by atoms with Crippen molar-refractivity contribution in [2.45, 2.75) is 13.3 Å². The molecule has 198 valence electrons. The standard InChI is InChI=1S/C27H28N4O5S2/c1-17-5-4-9-30-23(17)28-24(29-11-13-36-14-12-29)19(25(30)32)16-22-26(33)31(27(37)38-22)10-8-18-6-7-20(34-2)21(15-18)35-3/h4-7,9,15-16H,8,10-14H2,1-3H3/b22-16+. The molecule has 0 atom stereocenters. The normalized spacial score (nSPS) is 17.1. The number of carbonyl (C=O) groups is 1. The maximum atomic E-state index is 13.7. The van der Waals surface area contributed by atoms with Gasteiger partial charge in [-0.25, -0.2) is 4.98 Å². The summed E-state index contributed by atoms with van der Waals surface area (Å²) in [4.78, 5) is 36.0. The van der Waals surface area contributed by atoms with E-state index >= 15 is 0 Å². The van der Waals surface area contributed by atoms with Crippen LogP contribution in [0, 0.1) is 6.92 Å². The monoisotopic (exact) mass is 552 g/mol. The van der Waals surface area contributed by atoms with Crippen molar-refractivity contribution in [1.29, 1.82) is 0 Å². The van der Waals surface area contributed by atoms with E-state index in [0.29, 0.717) is 77.0 Å². The van der Waals surface area contributed by atoms with Crippen molar-refractivity contribution in [2.75, 3.05) is 52.0 Å². The Morgan fingerprint density at radius 3 is 2.63 bits per heavy atom. The fourth-order valence-corrected chi connectivity index (χ4v) is 5.83. The van der Waals surface area contributed by atoms with Gasteiger partial charge in [0, 0.05) is 25.8 Å². The van der Waals surface area contributed by atoms with E-state index in [1.807, 2.05) is 42.2 Å². The molecular formula is C27H28N4O5S2. The largest absolute Gasteiger partial charge is 0.493 e. The van der Waals surface area contributed by atoms with Gasteiger partial charge in [0.25, 0.3) is 11.5 Å². The Bertz CT molecular complexity index is 1500. The molecule has 0 radical (unpaired) electrons. The minimum absolute atomic E-state index is 0.220. The first-order valence-electron chi connectivity index (χ1n) is 12.2. The van der Waals surface area contributed by atoms with E-state index in [1.54, 1.807) is 31.4 Å². The lowest BCUT2D eigenvalue weighted by Crippen LogP contribution is -2.38. The molecule has 0 aliphatic carbocycles. The molecule has 0 saturated carbocycles. The van der Waals surface area contributed by atoms with Crippen LogP contribution in [-0.4, -0.2) is 71.6 Å². The molecule has 2 fully saturated rings. The van der Waals surface area contributed by atoms with Gasteiger partial charge in [0.15, 0.2) is 11.5 Å². The number of thiocarbonyl (C=S) groups is 1. The zero-order valence-electron chi connectivity index (χ0n) is 21.4. The average molecular weight is 553 g/mol. The summed E-state index contributed by atoms with van der Waals surface area (Å²) in [5, 5.41) is 0. The maximum absolute atomic E-state index is 13.7. The molecule has 1 amide bonds. The molecule has 11 heteroatoms. The van der Waals surface area contributed by atoms with Crippen molar-refractivity contribution in [3.63, 3.8) is 0 Å². The van der Waals surface area contributed by atoms with Gasteiger partial charge in [-0.3, -0.25) is 18.9 Å². The Kier molecular flexibility index (Phi) is 7.68. The van der Waals surface area contributed by atoms with E-state index in [1.165, 1.54) is 16.2 Å². The predicted molar refractivity (Wildman–Crippen MR) is 152 cm³/mol. The predicted octanol–water partition coefficient (Wildman–Crippen LogP) is 3.30. The van der Waals surface area contributed by atoms with Crippen molar-refractivity contribution in [2.24, 2.45) is 0 Å². The van der Waals surface area contributed by atoms with E-state index in [2.05, 4.69) is 0 Å². The van der Waals surface area contributed by atoms with Crippen LogP contribution in [0.15, 0.2) is 46.2 Å². The highest BCUT2D eigenvalue weighted by atomic mass is 32.2. The molecule has 2 aliphatic heterocycles. The molecule has 2 aliphatic rings. The second kappa shape index (κ2) is 11.1. The molecule has 2 aromatic heterocycles. The number of amides is 1. The number of aryl methyl sites for hydroxylation is 1. The summed E-state index contributed by atoms with van der Waals surface area (Å²) in [6, 6.07) is 9.41. The third-order valence-electron chi connectivity index (χ3n) is 6.60. The van der Waals surface area contributed by atoms with Gasteiger partial charge >= 0.3 is 0 Å². The number of benzene rings is 1. The quantitative estimate of drug-likeness (QED) is 0.324. The molecule has 5 rings (SSSR count). The molecular weight excluding hydrogens is 524 g/mol. The summed E-state index contributed by atoms with van der Waals surface area (Å²) in [5.74, 6) is 1.61. The zero-order valence-corrected chi connectivity index (χ0v) is 23.1. The molecule has 2 saturated heterocycles. The number of hydrogen-bond donors (Lipinski definition) is 0. The zero-order chi connectivity index (χ0) is 26.8. The van der Waals surface area contributed by atoms with Crippen molar-refractivity contribution in [3.8, 4) is 11.5 Å². The summed E-state index contributed by atoms with van der Waals surface area (Å²) in [5.41, 5.74) is 2.62. The van der Waals surface area contributed by atoms with Gasteiger partial charge in [-0.1, -0.05) is 36.1 Å². The Morgan fingerprint density at radius 1 is 1.13 bits per heavy atom. The fraction of sp³-hybridized carbons (Fsp3) is 0.333. The van der Waals surface area contributed by atoms with E-state index < -0.39 is 0 Å². The van der Waals surface area contributed by atoms with Gasteiger partial charge in [0.2, 0.25) is 0 Å². The lowest BCUT2D eigenvalue weighted by Gasteiger charge is -2.29. The van der Waals surface area contributed by atoms with Gasteiger partial charge in [-0.2, -0.15) is 0 Å².